The van der Waals surface area contributed by atoms with E-state index in [1.54, 1.807) is 21.3 Å². The largest absolute Gasteiger partial charge is 0.497 e. The first-order valence-corrected chi connectivity index (χ1v) is 8.37. The zero-order chi connectivity index (χ0) is 18.2. The topological polar surface area (TPSA) is 49.0 Å². The lowest BCUT2D eigenvalue weighted by Crippen LogP contribution is -2.19. The van der Waals surface area contributed by atoms with Crippen LogP contribution in [0.5, 0.6) is 23.0 Å². The van der Waals surface area contributed by atoms with Crippen molar-refractivity contribution >= 4 is 0 Å². The number of ether oxygens (including phenoxy) is 4. The molecule has 2 rings (SSSR count). The van der Waals surface area contributed by atoms with E-state index in [1.165, 1.54) is 0 Å². The molecule has 0 spiro atoms. The Morgan fingerprint density at radius 1 is 0.880 bits per heavy atom. The van der Waals surface area contributed by atoms with Gasteiger partial charge in [0.25, 0.3) is 0 Å². The van der Waals surface area contributed by atoms with Gasteiger partial charge in [-0.2, -0.15) is 0 Å². The predicted molar refractivity (Wildman–Crippen MR) is 99.0 cm³/mol. The Morgan fingerprint density at radius 2 is 1.60 bits per heavy atom. The highest BCUT2D eigenvalue weighted by Gasteiger charge is 2.13. The summed E-state index contributed by atoms with van der Waals surface area (Å²) in [5, 5.41) is 3.52. The lowest BCUT2D eigenvalue weighted by atomic mass is 10.1. The second kappa shape index (κ2) is 9.18. The number of nitrogens with one attached hydrogen (secondary N) is 1. The predicted octanol–water partition coefficient (Wildman–Crippen LogP) is 3.96. The molecule has 0 aliphatic carbocycles. The van der Waals surface area contributed by atoms with Gasteiger partial charge in [-0.3, -0.25) is 0 Å². The molecular formula is C20H27NO4. The van der Waals surface area contributed by atoms with Gasteiger partial charge in [-0.05, 0) is 49.7 Å². The molecule has 0 amide bonds. The van der Waals surface area contributed by atoms with Crippen LogP contribution in [-0.2, 0) is 6.54 Å². The molecule has 0 aliphatic rings. The van der Waals surface area contributed by atoms with Crippen LogP contribution in [0, 0.1) is 0 Å². The van der Waals surface area contributed by atoms with E-state index in [9.17, 15) is 0 Å². The summed E-state index contributed by atoms with van der Waals surface area (Å²) in [5.74, 6) is 3.15. The Bertz CT molecular complexity index is 687. The molecule has 2 aromatic rings. The molecule has 0 radical (unpaired) electrons. The van der Waals surface area contributed by atoms with Crippen molar-refractivity contribution in [3.05, 3.63) is 47.5 Å². The first-order valence-electron chi connectivity index (χ1n) is 8.37. The first kappa shape index (κ1) is 18.9. The molecule has 136 valence electrons. The van der Waals surface area contributed by atoms with E-state index in [-0.39, 0.29) is 6.04 Å². The third-order valence-electron chi connectivity index (χ3n) is 4.04. The zero-order valence-corrected chi connectivity index (χ0v) is 15.6. The summed E-state index contributed by atoms with van der Waals surface area (Å²) in [7, 11) is 4.99. The highest BCUT2D eigenvalue weighted by atomic mass is 16.5. The Labute approximate surface area is 149 Å². The van der Waals surface area contributed by atoms with Crippen LogP contribution in [0.1, 0.15) is 31.0 Å². The number of methoxy groups -OCH3 is 3. The van der Waals surface area contributed by atoms with E-state index in [4.69, 9.17) is 18.9 Å². The molecule has 0 aromatic heterocycles. The van der Waals surface area contributed by atoms with Gasteiger partial charge in [0.15, 0.2) is 11.5 Å². The average Bonchev–Trinajstić information content (AvgIpc) is 2.66. The lowest BCUT2D eigenvalue weighted by molar-refractivity contribution is 0.310. The van der Waals surface area contributed by atoms with Crippen LogP contribution in [0.25, 0.3) is 0 Å². The van der Waals surface area contributed by atoms with Crippen molar-refractivity contribution in [2.75, 3.05) is 27.9 Å². The fourth-order valence-electron chi connectivity index (χ4n) is 2.66. The zero-order valence-electron chi connectivity index (χ0n) is 15.6. The van der Waals surface area contributed by atoms with Gasteiger partial charge in [0.1, 0.15) is 11.5 Å². The van der Waals surface area contributed by atoms with Crippen molar-refractivity contribution in [2.24, 2.45) is 0 Å². The van der Waals surface area contributed by atoms with Crippen molar-refractivity contribution < 1.29 is 18.9 Å². The summed E-state index contributed by atoms with van der Waals surface area (Å²) in [5.41, 5.74) is 2.18. The summed E-state index contributed by atoms with van der Waals surface area (Å²) in [6, 6.07) is 11.9. The summed E-state index contributed by atoms with van der Waals surface area (Å²) >= 11 is 0. The summed E-state index contributed by atoms with van der Waals surface area (Å²) in [4.78, 5) is 0. The quantitative estimate of drug-likeness (QED) is 0.745. The molecule has 25 heavy (non-hydrogen) atoms. The molecule has 0 heterocycles. The van der Waals surface area contributed by atoms with Gasteiger partial charge >= 0.3 is 0 Å². The van der Waals surface area contributed by atoms with E-state index in [0.717, 1.165) is 34.1 Å². The third-order valence-corrected chi connectivity index (χ3v) is 4.04. The van der Waals surface area contributed by atoms with Crippen LogP contribution >= 0.6 is 0 Å². The average molecular weight is 345 g/mol. The molecule has 5 nitrogen and oxygen atoms in total. The highest BCUT2D eigenvalue weighted by Crippen LogP contribution is 2.31. The van der Waals surface area contributed by atoms with Gasteiger partial charge in [-0.25, -0.2) is 0 Å². The Hall–Kier alpha value is -2.40. The smallest absolute Gasteiger partial charge is 0.161 e. The van der Waals surface area contributed by atoms with Crippen molar-refractivity contribution in [3.63, 3.8) is 0 Å². The van der Waals surface area contributed by atoms with E-state index in [1.807, 2.05) is 43.3 Å². The van der Waals surface area contributed by atoms with Gasteiger partial charge in [0, 0.05) is 18.2 Å². The Balaban J connectivity index is 2.12. The minimum absolute atomic E-state index is 0.0997. The number of hydrogen-bond donors (Lipinski definition) is 1. The minimum Gasteiger partial charge on any atom is -0.497 e. The fourth-order valence-corrected chi connectivity index (χ4v) is 2.66. The number of benzene rings is 2. The Kier molecular flexibility index (Phi) is 6.95. The molecule has 1 atom stereocenters. The van der Waals surface area contributed by atoms with Crippen LogP contribution in [-0.4, -0.2) is 27.9 Å². The molecule has 2 aromatic carbocycles. The van der Waals surface area contributed by atoms with Crippen LogP contribution in [0.4, 0.5) is 0 Å². The standard InChI is InChI=1S/C20H27NO4/c1-6-25-20-11-15(7-9-19(20)24-5)13-21-14(2)17-12-16(22-3)8-10-18(17)23-4/h7-12,14,21H,6,13H2,1-5H3. The molecule has 0 saturated heterocycles. The van der Waals surface area contributed by atoms with Crippen LogP contribution in [0.3, 0.4) is 0 Å². The lowest BCUT2D eigenvalue weighted by Gasteiger charge is -2.19. The van der Waals surface area contributed by atoms with E-state index in [2.05, 4.69) is 12.2 Å². The van der Waals surface area contributed by atoms with Crippen molar-refractivity contribution in [2.45, 2.75) is 26.4 Å². The molecule has 5 heteroatoms. The maximum Gasteiger partial charge on any atom is 0.161 e. The first-order chi connectivity index (χ1) is 12.1. The molecule has 1 unspecified atom stereocenters. The van der Waals surface area contributed by atoms with E-state index in [0.29, 0.717) is 13.2 Å². The van der Waals surface area contributed by atoms with Gasteiger partial charge in [-0.15, -0.1) is 0 Å². The third kappa shape index (κ3) is 4.79. The van der Waals surface area contributed by atoms with Crippen LogP contribution < -0.4 is 24.3 Å². The summed E-state index contributed by atoms with van der Waals surface area (Å²) in [6.45, 7) is 5.36. The summed E-state index contributed by atoms with van der Waals surface area (Å²) < 4.78 is 21.8. The van der Waals surface area contributed by atoms with E-state index < -0.39 is 0 Å². The number of hydrogen-bond acceptors (Lipinski definition) is 5. The van der Waals surface area contributed by atoms with Gasteiger partial charge in [0.2, 0.25) is 0 Å². The number of rotatable bonds is 9. The van der Waals surface area contributed by atoms with Crippen molar-refractivity contribution in [1.82, 2.24) is 5.32 Å². The summed E-state index contributed by atoms with van der Waals surface area (Å²) in [6.07, 6.45) is 0. The molecule has 0 fully saturated rings. The van der Waals surface area contributed by atoms with Gasteiger partial charge < -0.3 is 24.3 Å². The van der Waals surface area contributed by atoms with Crippen LogP contribution in [0.15, 0.2) is 36.4 Å². The van der Waals surface area contributed by atoms with E-state index >= 15 is 0 Å². The fraction of sp³-hybridized carbons (Fsp3) is 0.400. The monoisotopic (exact) mass is 345 g/mol. The molecule has 0 saturated carbocycles. The van der Waals surface area contributed by atoms with Crippen molar-refractivity contribution in [3.8, 4) is 23.0 Å². The highest BCUT2D eigenvalue weighted by molar-refractivity contribution is 5.44. The SMILES string of the molecule is CCOc1cc(CNC(C)c2cc(OC)ccc2OC)ccc1OC. The second-order valence-electron chi connectivity index (χ2n) is 5.63. The maximum atomic E-state index is 5.64. The van der Waals surface area contributed by atoms with Gasteiger partial charge in [0.05, 0.1) is 27.9 Å². The molecule has 0 bridgehead atoms. The normalized spacial score (nSPS) is 11.7. The Morgan fingerprint density at radius 3 is 2.24 bits per heavy atom. The maximum absolute atomic E-state index is 5.64. The molecule has 0 aliphatic heterocycles. The van der Waals surface area contributed by atoms with Gasteiger partial charge in [-0.1, -0.05) is 6.07 Å². The molecule has 1 N–H and O–H groups in total. The van der Waals surface area contributed by atoms with Crippen molar-refractivity contribution in [1.29, 1.82) is 0 Å². The molecular weight excluding hydrogens is 318 g/mol. The van der Waals surface area contributed by atoms with Crippen LogP contribution in [0.2, 0.25) is 0 Å². The minimum atomic E-state index is 0.0997. The second-order valence-corrected chi connectivity index (χ2v) is 5.63.